The lowest BCUT2D eigenvalue weighted by atomic mass is 10.1. The molecule has 0 radical (unpaired) electrons. The van der Waals surface area contributed by atoms with Crippen LogP contribution in [-0.4, -0.2) is 44.7 Å². The van der Waals surface area contributed by atoms with Gasteiger partial charge in [0.2, 0.25) is 0 Å². The normalized spacial score (nSPS) is 15.9. The molecule has 1 atom stereocenters. The summed E-state index contributed by atoms with van der Waals surface area (Å²) in [5.74, 6) is 2.50. The molecule has 142 valence electrons. The zero-order chi connectivity index (χ0) is 18.8. The van der Waals surface area contributed by atoms with Crippen molar-refractivity contribution in [2.45, 2.75) is 37.1 Å². The molecule has 3 heterocycles. The van der Waals surface area contributed by atoms with Crippen LogP contribution in [0.2, 0.25) is 0 Å². The van der Waals surface area contributed by atoms with Crippen LogP contribution in [0.4, 0.5) is 5.82 Å². The minimum Gasteiger partial charge on any atom is -0.609 e. The maximum atomic E-state index is 12.8. The predicted molar refractivity (Wildman–Crippen MR) is 106 cm³/mol. The number of piperidine rings is 1. The van der Waals surface area contributed by atoms with E-state index in [0.29, 0.717) is 11.0 Å². The number of H-pyrrole nitrogens is 1. The lowest BCUT2D eigenvalue weighted by molar-refractivity contribution is 0.415. The van der Waals surface area contributed by atoms with Gasteiger partial charge in [-0.25, -0.2) is 9.97 Å². The van der Waals surface area contributed by atoms with Crippen LogP contribution in [0.1, 0.15) is 30.7 Å². The van der Waals surface area contributed by atoms with E-state index in [-0.39, 0.29) is 5.75 Å². The van der Waals surface area contributed by atoms with Gasteiger partial charge < -0.3 is 14.2 Å². The van der Waals surface area contributed by atoms with Crippen molar-refractivity contribution in [2.24, 2.45) is 0 Å². The monoisotopic (exact) mass is 385 g/mol. The highest BCUT2D eigenvalue weighted by Crippen LogP contribution is 2.24. The highest BCUT2D eigenvalue weighted by atomic mass is 32.2. The molecule has 1 N–H and O–H groups in total. The number of hydrogen-bond donors (Lipinski definition) is 1. The van der Waals surface area contributed by atoms with E-state index in [9.17, 15) is 4.55 Å². The summed E-state index contributed by atoms with van der Waals surface area (Å²) in [6.45, 7) is 4.06. The lowest BCUT2D eigenvalue weighted by Gasteiger charge is -2.29. The van der Waals surface area contributed by atoms with Gasteiger partial charge in [0.25, 0.3) is 0 Å². The van der Waals surface area contributed by atoms with E-state index in [2.05, 4.69) is 19.9 Å². The van der Waals surface area contributed by atoms with Crippen LogP contribution >= 0.6 is 0 Å². The number of rotatable bonds is 5. The second-order valence-electron chi connectivity index (χ2n) is 6.76. The molecular formula is C19H23N5O2S. The summed E-state index contributed by atoms with van der Waals surface area (Å²) in [7, 11) is 1.61. The Morgan fingerprint density at radius 2 is 2.04 bits per heavy atom. The van der Waals surface area contributed by atoms with Crippen molar-refractivity contribution in [1.29, 1.82) is 0 Å². The largest absolute Gasteiger partial charge is 0.609 e. The first-order chi connectivity index (χ1) is 13.1. The molecule has 1 aliphatic rings. The summed E-state index contributed by atoms with van der Waals surface area (Å²) >= 11 is -1.35. The third kappa shape index (κ3) is 3.86. The van der Waals surface area contributed by atoms with Gasteiger partial charge in [0.1, 0.15) is 11.6 Å². The molecule has 0 saturated carbocycles. The van der Waals surface area contributed by atoms with Gasteiger partial charge in [-0.3, -0.25) is 4.98 Å². The van der Waals surface area contributed by atoms with Gasteiger partial charge in [0.05, 0.1) is 18.1 Å². The number of fused-ring (bicyclic) bond motifs is 1. The fraction of sp³-hybridized carbons (Fsp3) is 0.421. The summed E-state index contributed by atoms with van der Waals surface area (Å²) in [6, 6.07) is 5.54. The van der Waals surface area contributed by atoms with Gasteiger partial charge in [0, 0.05) is 42.1 Å². The minimum atomic E-state index is -1.35. The summed E-state index contributed by atoms with van der Waals surface area (Å²) < 4.78 is 18.0. The van der Waals surface area contributed by atoms with Gasteiger partial charge in [-0.05, 0) is 38.3 Å². The molecule has 0 spiro atoms. The Hall–Kier alpha value is -2.32. The Kier molecular flexibility index (Phi) is 5.18. The molecular weight excluding hydrogens is 362 g/mol. The first kappa shape index (κ1) is 18.1. The maximum Gasteiger partial charge on any atom is 0.322 e. The van der Waals surface area contributed by atoms with E-state index in [0.717, 1.165) is 41.3 Å². The summed E-state index contributed by atoms with van der Waals surface area (Å²) in [5.41, 5.74) is 2.62. The molecule has 2 aromatic heterocycles. The zero-order valence-electron chi connectivity index (χ0n) is 15.6. The third-order valence-electron chi connectivity index (χ3n) is 4.79. The van der Waals surface area contributed by atoms with Crippen LogP contribution in [0.3, 0.4) is 0 Å². The number of benzene rings is 1. The Morgan fingerprint density at radius 3 is 2.81 bits per heavy atom. The molecule has 3 aromatic rings. The van der Waals surface area contributed by atoms with Gasteiger partial charge >= 0.3 is 5.16 Å². The second kappa shape index (κ2) is 7.74. The fourth-order valence-electron chi connectivity index (χ4n) is 3.35. The first-order valence-corrected chi connectivity index (χ1v) is 10.5. The molecule has 1 saturated heterocycles. The average Bonchev–Trinajstić information content (AvgIpc) is 3.13. The van der Waals surface area contributed by atoms with Crippen molar-refractivity contribution in [1.82, 2.24) is 19.9 Å². The van der Waals surface area contributed by atoms with Gasteiger partial charge in [0.15, 0.2) is 11.6 Å². The number of imidazole rings is 1. The smallest absolute Gasteiger partial charge is 0.322 e. The topological polar surface area (TPSA) is 90.0 Å². The summed E-state index contributed by atoms with van der Waals surface area (Å²) in [5, 5.41) is 0.432. The van der Waals surface area contributed by atoms with E-state index in [1.807, 2.05) is 31.3 Å². The van der Waals surface area contributed by atoms with Crippen LogP contribution in [-0.2, 0) is 16.9 Å². The standard InChI is InChI=1S/C19H23N5O2S/c1-13-11-20-17(23-18(13)24-8-4-3-5-9-24)12-27(25)19-21-15-7-6-14(26-2)10-16(15)22-19/h6-7,10-11H,3-5,8-9,12H2,1-2H3,(H,21,22). The molecule has 0 amide bonds. The van der Waals surface area contributed by atoms with Gasteiger partial charge in [-0.15, -0.1) is 0 Å². The van der Waals surface area contributed by atoms with E-state index >= 15 is 0 Å². The molecule has 1 aliphatic heterocycles. The van der Waals surface area contributed by atoms with Crippen LogP contribution in [0.15, 0.2) is 29.6 Å². The highest BCUT2D eigenvalue weighted by molar-refractivity contribution is 7.90. The molecule has 0 aliphatic carbocycles. The molecule has 1 fully saturated rings. The number of hydrogen-bond acceptors (Lipinski definition) is 6. The fourth-order valence-corrected chi connectivity index (χ4v) is 4.28. The number of aromatic nitrogens is 4. The number of anilines is 1. The van der Waals surface area contributed by atoms with Crippen LogP contribution in [0, 0.1) is 6.92 Å². The van der Waals surface area contributed by atoms with E-state index < -0.39 is 11.2 Å². The molecule has 1 aromatic carbocycles. The molecule has 27 heavy (non-hydrogen) atoms. The van der Waals surface area contributed by atoms with Crippen molar-refractivity contribution < 1.29 is 9.29 Å². The third-order valence-corrected chi connectivity index (χ3v) is 5.94. The Bertz CT molecular complexity index is 939. The molecule has 8 heteroatoms. The van der Waals surface area contributed by atoms with Crippen LogP contribution < -0.4 is 9.64 Å². The number of methoxy groups -OCH3 is 1. The van der Waals surface area contributed by atoms with Crippen molar-refractivity contribution in [3.8, 4) is 5.75 Å². The SMILES string of the molecule is COc1ccc2[nH]c([S+]([O-])Cc3ncc(C)c(N4CCCCC4)n3)nc2c1. The van der Waals surface area contributed by atoms with Crippen molar-refractivity contribution in [3.05, 3.63) is 35.8 Å². The first-order valence-electron chi connectivity index (χ1n) is 9.13. The van der Waals surface area contributed by atoms with E-state index in [1.165, 1.54) is 19.3 Å². The van der Waals surface area contributed by atoms with E-state index in [4.69, 9.17) is 9.72 Å². The second-order valence-corrected chi connectivity index (χ2v) is 8.12. The van der Waals surface area contributed by atoms with E-state index in [1.54, 1.807) is 7.11 Å². The molecule has 1 unspecified atom stereocenters. The maximum absolute atomic E-state index is 12.8. The Morgan fingerprint density at radius 1 is 1.22 bits per heavy atom. The van der Waals surface area contributed by atoms with Gasteiger partial charge in [-0.2, -0.15) is 4.98 Å². The zero-order valence-corrected chi connectivity index (χ0v) is 16.4. The quantitative estimate of drug-likeness (QED) is 0.679. The molecule has 4 rings (SSSR count). The highest BCUT2D eigenvalue weighted by Gasteiger charge is 2.21. The summed E-state index contributed by atoms with van der Waals surface area (Å²) in [6.07, 6.45) is 5.47. The Balaban J connectivity index is 1.54. The number of ether oxygens (including phenoxy) is 1. The molecule has 7 nitrogen and oxygen atoms in total. The molecule has 0 bridgehead atoms. The predicted octanol–water partition coefficient (Wildman–Crippen LogP) is 2.97. The van der Waals surface area contributed by atoms with Gasteiger partial charge in [-0.1, -0.05) is 0 Å². The van der Waals surface area contributed by atoms with Crippen molar-refractivity contribution in [2.75, 3.05) is 25.1 Å². The number of aryl methyl sites for hydroxylation is 1. The minimum absolute atomic E-state index is 0.234. The average molecular weight is 385 g/mol. The van der Waals surface area contributed by atoms with Crippen LogP contribution in [0.25, 0.3) is 11.0 Å². The lowest BCUT2D eigenvalue weighted by Crippen LogP contribution is -2.31. The number of aromatic amines is 1. The van der Waals surface area contributed by atoms with Crippen LogP contribution in [0.5, 0.6) is 5.75 Å². The van der Waals surface area contributed by atoms with Crippen molar-refractivity contribution >= 4 is 28.0 Å². The number of nitrogens with one attached hydrogen (secondary N) is 1. The van der Waals surface area contributed by atoms with Crippen molar-refractivity contribution in [3.63, 3.8) is 0 Å². The number of nitrogens with zero attached hydrogens (tertiary/aromatic N) is 4. The summed E-state index contributed by atoms with van der Waals surface area (Å²) in [4.78, 5) is 19.0. The Labute approximate surface area is 161 Å².